The largest absolute Gasteiger partial charge is 0.350 e. The van der Waals surface area contributed by atoms with Gasteiger partial charge in [0.2, 0.25) is 5.95 Å². The molecular formula is C19H15FN4. The molecule has 0 fully saturated rings. The topological polar surface area (TPSA) is 42.7 Å². The Morgan fingerprint density at radius 3 is 2.62 bits per heavy atom. The van der Waals surface area contributed by atoms with Crippen molar-refractivity contribution in [2.75, 3.05) is 5.32 Å². The maximum atomic E-state index is 13.0. The van der Waals surface area contributed by atoms with E-state index in [1.807, 2.05) is 25.2 Å². The van der Waals surface area contributed by atoms with E-state index in [0.717, 1.165) is 27.8 Å². The number of anilines is 2. The Hall–Kier alpha value is -3.21. The minimum absolute atomic E-state index is 0.272. The van der Waals surface area contributed by atoms with E-state index in [-0.39, 0.29) is 5.82 Å². The first-order valence-electron chi connectivity index (χ1n) is 7.61. The highest BCUT2D eigenvalue weighted by molar-refractivity contribution is 5.95. The molecule has 0 aliphatic carbocycles. The van der Waals surface area contributed by atoms with Crippen LogP contribution < -0.4 is 5.32 Å². The van der Waals surface area contributed by atoms with Crippen LogP contribution >= 0.6 is 0 Å². The lowest BCUT2D eigenvalue weighted by Crippen LogP contribution is -1.97. The first-order chi connectivity index (χ1) is 11.7. The zero-order chi connectivity index (χ0) is 16.5. The number of hydrogen-bond donors (Lipinski definition) is 1. The van der Waals surface area contributed by atoms with Gasteiger partial charge in [0, 0.05) is 41.6 Å². The summed E-state index contributed by atoms with van der Waals surface area (Å²) in [5.41, 5.74) is 3.79. The predicted octanol–water partition coefficient (Wildman–Crippen LogP) is 4.52. The van der Waals surface area contributed by atoms with E-state index in [9.17, 15) is 4.39 Å². The lowest BCUT2D eigenvalue weighted by Gasteiger charge is -2.06. The Labute approximate surface area is 138 Å². The molecule has 4 rings (SSSR count). The number of aryl methyl sites for hydroxylation is 1. The Morgan fingerprint density at radius 2 is 1.79 bits per heavy atom. The second kappa shape index (κ2) is 5.77. The smallest absolute Gasteiger partial charge is 0.227 e. The van der Waals surface area contributed by atoms with E-state index in [2.05, 4.69) is 38.2 Å². The summed E-state index contributed by atoms with van der Waals surface area (Å²) in [7, 11) is 2.02. The molecule has 0 unspecified atom stereocenters. The molecule has 5 heteroatoms. The number of para-hydroxylation sites is 1. The van der Waals surface area contributed by atoms with Crippen LogP contribution in [0.1, 0.15) is 0 Å². The average Bonchev–Trinajstić information content (AvgIpc) is 2.95. The molecule has 0 bridgehead atoms. The van der Waals surface area contributed by atoms with Crippen LogP contribution in [0.4, 0.5) is 16.0 Å². The summed E-state index contributed by atoms with van der Waals surface area (Å²) in [6.07, 6.45) is 3.78. The molecule has 118 valence electrons. The van der Waals surface area contributed by atoms with Gasteiger partial charge >= 0.3 is 0 Å². The number of rotatable bonds is 3. The number of nitrogens with zero attached hydrogens (tertiary/aromatic N) is 3. The highest BCUT2D eigenvalue weighted by atomic mass is 19.1. The van der Waals surface area contributed by atoms with E-state index in [1.165, 1.54) is 12.1 Å². The number of fused-ring (bicyclic) bond motifs is 1. The molecular weight excluding hydrogens is 303 g/mol. The average molecular weight is 318 g/mol. The van der Waals surface area contributed by atoms with Gasteiger partial charge < -0.3 is 9.88 Å². The summed E-state index contributed by atoms with van der Waals surface area (Å²) in [4.78, 5) is 8.84. The fourth-order valence-corrected chi connectivity index (χ4v) is 2.78. The molecule has 2 aromatic heterocycles. The van der Waals surface area contributed by atoms with Crippen molar-refractivity contribution in [2.45, 2.75) is 0 Å². The molecule has 24 heavy (non-hydrogen) atoms. The maximum Gasteiger partial charge on any atom is 0.227 e. The standard InChI is InChI=1S/C19H15FN4/c1-24-12-16(15-4-2-3-5-18(15)24)17-10-11-21-19(23-17)22-14-8-6-13(20)7-9-14/h2-12H,1H3,(H,21,22,23). The van der Waals surface area contributed by atoms with Gasteiger partial charge in [-0.2, -0.15) is 0 Å². The van der Waals surface area contributed by atoms with E-state index < -0.39 is 0 Å². The molecule has 0 radical (unpaired) electrons. The van der Waals surface area contributed by atoms with Crippen LogP contribution in [0.2, 0.25) is 0 Å². The molecule has 0 saturated carbocycles. The van der Waals surface area contributed by atoms with Crippen LogP contribution in [0.25, 0.3) is 22.2 Å². The first-order valence-corrected chi connectivity index (χ1v) is 7.61. The van der Waals surface area contributed by atoms with Crippen LogP contribution in [-0.4, -0.2) is 14.5 Å². The van der Waals surface area contributed by atoms with E-state index in [4.69, 9.17) is 0 Å². The minimum atomic E-state index is -0.272. The zero-order valence-electron chi connectivity index (χ0n) is 13.1. The second-order valence-electron chi connectivity index (χ2n) is 5.57. The molecule has 0 atom stereocenters. The van der Waals surface area contributed by atoms with Crippen molar-refractivity contribution in [3.05, 3.63) is 72.8 Å². The number of halogens is 1. The summed E-state index contributed by atoms with van der Waals surface area (Å²) in [5.74, 6) is 0.206. The number of aromatic nitrogens is 3. The van der Waals surface area contributed by atoms with Gasteiger partial charge in [0.05, 0.1) is 5.69 Å². The van der Waals surface area contributed by atoms with Gasteiger partial charge in [-0.05, 0) is 36.4 Å². The molecule has 0 saturated heterocycles. The third-order valence-electron chi connectivity index (χ3n) is 3.93. The fraction of sp³-hybridized carbons (Fsp3) is 0.0526. The third kappa shape index (κ3) is 2.60. The Morgan fingerprint density at radius 1 is 1.00 bits per heavy atom. The van der Waals surface area contributed by atoms with Gasteiger partial charge in [0.1, 0.15) is 5.82 Å². The number of hydrogen-bond acceptors (Lipinski definition) is 3. The summed E-state index contributed by atoms with van der Waals surface area (Å²) in [6.45, 7) is 0. The van der Waals surface area contributed by atoms with Crippen molar-refractivity contribution < 1.29 is 4.39 Å². The van der Waals surface area contributed by atoms with Crippen LogP contribution in [0.15, 0.2) is 67.0 Å². The second-order valence-corrected chi connectivity index (χ2v) is 5.57. The number of nitrogens with one attached hydrogen (secondary N) is 1. The molecule has 4 aromatic rings. The molecule has 1 N–H and O–H groups in total. The molecule has 2 aromatic carbocycles. The quantitative estimate of drug-likeness (QED) is 0.604. The van der Waals surface area contributed by atoms with Gasteiger partial charge in [0.25, 0.3) is 0 Å². The molecule has 4 nitrogen and oxygen atoms in total. The Bertz CT molecular complexity index is 1010. The highest BCUT2D eigenvalue weighted by Crippen LogP contribution is 2.29. The zero-order valence-corrected chi connectivity index (χ0v) is 13.1. The highest BCUT2D eigenvalue weighted by Gasteiger charge is 2.10. The van der Waals surface area contributed by atoms with Crippen LogP contribution in [0, 0.1) is 5.82 Å². The van der Waals surface area contributed by atoms with Gasteiger partial charge in [-0.25, -0.2) is 14.4 Å². The van der Waals surface area contributed by atoms with E-state index in [0.29, 0.717) is 5.95 Å². The van der Waals surface area contributed by atoms with Gasteiger partial charge in [-0.3, -0.25) is 0 Å². The molecule has 0 aliphatic heterocycles. The summed E-state index contributed by atoms with van der Waals surface area (Å²) >= 11 is 0. The summed E-state index contributed by atoms with van der Waals surface area (Å²) < 4.78 is 15.1. The Balaban J connectivity index is 1.73. The summed E-state index contributed by atoms with van der Waals surface area (Å²) in [5, 5.41) is 4.25. The van der Waals surface area contributed by atoms with Crippen molar-refractivity contribution in [1.29, 1.82) is 0 Å². The van der Waals surface area contributed by atoms with Gasteiger partial charge in [0.15, 0.2) is 0 Å². The lowest BCUT2D eigenvalue weighted by molar-refractivity contribution is 0.628. The maximum absolute atomic E-state index is 13.0. The van der Waals surface area contributed by atoms with Crippen LogP contribution in [0.3, 0.4) is 0 Å². The number of benzene rings is 2. The lowest BCUT2D eigenvalue weighted by atomic mass is 10.1. The predicted molar refractivity (Wildman–Crippen MR) is 93.6 cm³/mol. The fourth-order valence-electron chi connectivity index (χ4n) is 2.78. The minimum Gasteiger partial charge on any atom is -0.350 e. The van der Waals surface area contributed by atoms with Gasteiger partial charge in [-0.15, -0.1) is 0 Å². The van der Waals surface area contributed by atoms with Crippen molar-refractivity contribution in [1.82, 2.24) is 14.5 Å². The van der Waals surface area contributed by atoms with Crippen molar-refractivity contribution in [3.63, 3.8) is 0 Å². The monoisotopic (exact) mass is 318 g/mol. The van der Waals surface area contributed by atoms with Crippen LogP contribution in [0.5, 0.6) is 0 Å². The normalized spacial score (nSPS) is 10.9. The first kappa shape index (κ1) is 14.4. The van der Waals surface area contributed by atoms with E-state index in [1.54, 1.807) is 18.3 Å². The van der Waals surface area contributed by atoms with Crippen molar-refractivity contribution >= 4 is 22.5 Å². The van der Waals surface area contributed by atoms with E-state index >= 15 is 0 Å². The Kier molecular flexibility index (Phi) is 3.46. The molecule has 0 amide bonds. The van der Waals surface area contributed by atoms with Crippen molar-refractivity contribution in [3.8, 4) is 11.3 Å². The molecule has 0 spiro atoms. The van der Waals surface area contributed by atoms with Crippen LogP contribution in [-0.2, 0) is 7.05 Å². The third-order valence-corrected chi connectivity index (χ3v) is 3.93. The molecule has 2 heterocycles. The van der Waals surface area contributed by atoms with Gasteiger partial charge in [-0.1, -0.05) is 18.2 Å². The molecule has 0 aliphatic rings. The van der Waals surface area contributed by atoms with Crippen molar-refractivity contribution in [2.24, 2.45) is 7.05 Å². The summed E-state index contributed by atoms with van der Waals surface area (Å²) in [6, 6.07) is 16.2. The SMILES string of the molecule is Cn1cc(-c2ccnc(Nc3ccc(F)cc3)n2)c2ccccc21.